The number of aryl methyl sites for hydroxylation is 1. The Labute approximate surface area is 129 Å². The number of primary amides is 1. The van der Waals surface area contributed by atoms with Gasteiger partial charge in [-0.05, 0) is 25.1 Å². The molecular weight excluding hydrogens is 304 g/mol. The zero-order chi connectivity index (χ0) is 15.0. The molecule has 3 aromatic rings. The molecular formula is C15H12N2O2S2. The highest BCUT2D eigenvalue weighted by molar-refractivity contribution is 7.16. The molecule has 0 spiro atoms. The molecule has 3 rings (SSSR count). The highest BCUT2D eigenvalue weighted by atomic mass is 32.1. The van der Waals surface area contributed by atoms with Crippen molar-refractivity contribution < 1.29 is 9.90 Å². The topological polar surface area (TPSA) is 76.2 Å². The number of thiazole rings is 1. The van der Waals surface area contributed by atoms with Crippen LogP contribution < -0.4 is 5.73 Å². The van der Waals surface area contributed by atoms with Crippen molar-refractivity contribution in [3.8, 4) is 27.6 Å². The minimum Gasteiger partial charge on any atom is -0.508 e. The van der Waals surface area contributed by atoms with Crippen LogP contribution >= 0.6 is 22.7 Å². The molecule has 1 aromatic carbocycles. The number of nitrogens with two attached hydrogens (primary N) is 1. The third kappa shape index (κ3) is 2.68. The first-order chi connectivity index (χ1) is 10.0. The van der Waals surface area contributed by atoms with Crippen LogP contribution in [0.15, 0.2) is 35.7 Å². The van der Waals surface area contributed by atoms with Gasteiger partial charge < -0.3 is 10.8 Å². The van der Waals surface area contributed by atoms with Gasteiger partial charge in [0, 0.05) is 21.4 Å². The van der Waals surface area contributed by atoms with Gasteiger partial charge in [0.15, 0.2) is 0 Å². The third-order valence-electron chi connectivity index (χ3n) is 3.04. The van der Waals surface area contributed by atoms with Gasteiger partial charge in [-0.2, -0.15) is 0 Å². The van der Waals surface area contributed by atoms with E-state index < -0.39 is 5.91 Å². The number of rotatable bonds is 3. The Bertz CT molecular complexity index is 821. The van der Waals surface area contributed by atoms with Crippen LogP contribution in [-0.4, -0.2) is 16.0 Å². The summed E-state index contributed by atoms with van der Waals surface area (Å²) in [6.07, 6.45) is 0. The van der Waals surface area contributed by atoms with Crippen LogP contribution in [0.4, 0.5) is 0 Å². The van der Waals surface area contributed by atoms with E-state index in [9.17, 15) is 9.90 Å². The molecule has 3 N–H and O–H groups in total. The smallest absolute Gasteiger partial charge is 0.258 e. The summed E-state index contributed by atoms with van der Waals surface area (Å²) in [5.41, 5.74) is 7.91. The number of carbonyl (C=O) groups is 1. The van der Waals surface area contributed by atoms with Gasteiger partial charge in [-0.3, -0.25) is 4.79 Å². The SMILES string of the molecule is Cc1sc(C(N)=O)cc1-c1nc(-c2cccc(O)c2)cs1. The lowest BCUT2D eigenvalue weighted by Gasteiger charge is -1.97. The quantitative estimate of drug-likeness (QED) is 0.774. The van der Waals surface area contributed by atoms with Crippen molar-refractivity contribution in [3.05, 3.63) is 45.5 Å². The van der Waals surface area contributed by atoms with E-state index in [0.717, 1.165) is 26.7 Å². The number of carbonyl (C=O) groups excluding carboxylic acids is 1. The van der Waals surface area contributed by atoms with Crippen molar-refractivity contribution in [1.82, 2.24) is 4.98 Å². The number of aromatic hydroxyl groups is 1. The molecule has 0 aliphatic heterocycles. The Morgan fingerprint density at radius 1 is 1.33 bits per heavy atom. The molecule has 6 heteroatoms. The van der Waals surface area contributed by atoms with Crippen LogP contribution in [0.2, 0.25) is 0 Å². The molecule has 0 bridgehead atoms. The Balaban J connectivity index is 2.00. The summed E-state index contributed by atoms with van der Waals surface area (Å²) in [5.74, 6) is -0.205. The molecule has 0 aliphatic carbocycles. The number of amides is 1. The summed E-state index contributed by atoms with van der Waals surface area (Å²) in [5, 5.41) is 12.3. The van der Waals surface area contributed by atoms with Crippen LogP contribution in [0.25, 0.3) is 21.8 Å². The molecule has 4 nitrogen and oxygen atoms in total. The second-order valence-electron chi connectivity index (χ2n) is 4.53. The van der Waals surface area contributed by atoms with E-state index in [0.29, 0.717) is 4.88 Å². The number of hydrogen-bond donors (Lipinski definition) is 2. The van der Waals surface area contributed by atoms with Gasteiger partial charge in [0.2, 0.25) is 0 Å². The molecule has 106 valence electrons. The molecule has 0 saturated carbocycles. The van der Waals surface area contributed by atoms with E-state index in [1.165, 1.54) is 22.7 Å². The summed E-state index contributed by atoms with van der Waals surface area (Å²) < 4.78 is 0. The van der Waals surface area contributed by atoms with Crippen LogP contribution in [0.5, 0.6) is 5.75 Å². The predicted octanol–water partition coefficient (Wildman–Crippen LogP) is 3.65. The van der Waals surface area contributed by atoms with Crippen molar-refractivity contribution in [1.29, 1.82) is 0 Å². The first kappa shape index (κ1) is 13.8. The normalized spacial score (nSPS) is 10.7. The maximum atomic E-state index is 11.2. The summed E-state index contributed by atoms with van der Waals surface area (Å²) in [6.45, 7) is 1.95. The van der Waals surface area contributed by atoms with Crippen molar-refractivity contribution in [3.63, 3.8) is 0 Å². The van der Waals surface area contributed by atoms with Gasteiger partial charge in [-0.25, -0.2) is 4.98 Å². The fourth-order valence-corrected chi connectivity index (χ4v) is 3.85. The fraction of sp³-hybridized carbons (Fsp3) is 0.0667. The lowest BCUT2D eigenvalue weighted by Crippen LogP contribution is -2.08. The summed E-state index contributed by atoms with van der Waals surface area (Å²) >= 11 is 2.88. The minimum absolute atomic E-state index is 0.213. The van der Waals surface area contributed by atoms with E-state index in [2.05, 4.69) is 4.98 Å². The standard InChI is InChI=1S/C15H12N2O2S2/c1-8-11(6-13(21-8)14(16)19)15-17-12(7-20-15)9-3-2-4-10(18)5-9/h2-7,18H,1H3,(H2,16,19). The molecule has 0 saturated heterocycles. The number of phenols is 1. The Morgan fingerprint density at radius 2 is 2.14 bits per heavy atom. The first-order valence-corrected chi connectivity index (χ1v) is 7.90. The molecule has 1 amide bonds. The van der Waals surface area contributed by atoms with Crippen molar-refractivity contribution in [2.75, 3.05) is 0 Å². The predicted molar refractivity (Wildman–Crippen MR) is 85.8 cm³/mol. The molecule has 0 unspecified atom stereocenters. The Kier molecular flexibility index (Phi) is 3.48. The van der Waals surface area contributed by atoms with E-state index in [-0.39, 0.29) is 5.75 Å². The Hall–Kier alpha value is -2.18. The first-order valence-electron chi connectivity index (χ1n) is 6.20. The van der Waals surface area contributed by atoms with Gasteiger partial charge in [0.05, 0.1) is 10.6 Å². The van der Waals surface area contributed by atoms with Crippen molar-refractivity contribution in [2.24, 2.45) is 5.73 Å². The summed E-state index contributed by atoms with van der Waals surface area (Å²) in [7, 11) is 0. The molecule has 0 radical (unpaired) electrons. The maximum Gasteiger partial charge on any atom is 0.258 e. The van der Waals surface area contributed by atoms with E-state index in [1.54, 1.807) is 24.3 Å². The fourth-order valence-electron chi connectivity index (χ4n) is 2.01. The third-order valence-corrected chi connectivity index (χ3v) is 4.98. The largest absolute Gasteiger partial charge is 0.508 e. The second-order valence-corrected chi connectivity index (χ2v) is 6.65. The minimum atomic E-state index is -0.417. The molecule has 2 aromatic heterocycles. The van der Waals surface area contributed by atoms with Gasteiger partial charge in [-0.15, -0.1) is 22.7 Å². The van der Waals surface area contributed by atoms with Crippen LogP contribution in [0.1, 0.15) is 14.5 Å². The molecule has 0 fully saturated rings. The zero-order valence-electron chi connectivity index (χ0n) is 11.2. The number of phenolic OH excluding ortho intramolecular Hbond substituents is 1. The molecule has 2 heterocycles. The van der Waals surface area contributed by atoms with Gasteiger partial charge in [0.25, 0.3) is 5.91 Å². The van der Waals surface area contributed by atoms with Gasteiger partial charge in [-0.1, -0.05) is 12.1 Å². The highest BCUT2D eigenvalue weighted by Crippen LogP contribution is 2.35. The second kappa shape index (κ2) is 5.31. The number of aromatic nitrogens is 1. The summed E-state index contributed by atoms with van der Waals surface area (Å²) in [4.78, 5) is 17.4. The van der Waals surface area contributed by atoms with Gasteiger partial charge in [0.1, 0.15) is 10.8 Å². The molecule has 21 heavy (non-hydrogen) atoms. The lowest BCUT2D eigenvalue weighted by atomic mass is 10.1. The molecule has 0 aliphatic rings. The monoisotopic (exact) mass is 316 g/mol. The van der Waals surface area contributed by atoms with Crippen molar-refractivity contribution >= 4 is 28.6 Å². The number of nitrogens with zero attached hydrogens (tertiary/aromatic N) is 1. The van der Waals surface area contributed by atoms with Crippen LogP contribution in [0.3, 0.4) is 0 Å². The number of hydrogen-bond acceptors (Lipinski definition) is 5. The maximum absolute atomic E-state index is 11.2. The number of thiophene rings is 1. The highest BCUT2D eigenvalue weighted by Gasteiger charge is 2.14. The van der Waals surface area contributed by atoms with E-state index >= 15 is 0 Å². The van der Waals surface area contributed by atoms with Crippen LogP contribution in [0, 0.1) is 6.92 Å². The van der Waals surface area contributed by atoms with E-state index in [1.807, 2.05) is 18.4 Å². The number of benzene rings is 1. The van der Waals surface area contributed by atoms with Gasteiger partial charge >= 0.3 is 0 Å². The summed E-state index contributed by atoms with van der Waals surface area (Å²) in [6, 6.07) is 8.76. The Morgan fingerprint density at radius 3 is 2.81 bits per heavy atom. The van der Waals surface area contributed by atoms with Crippen LogP contribution in [-0.2, 0) is 0 Å². The average Bonchev–Trinajstić information content (AvgIpc) is 3.05. The average molecular weight is 316 g/mol. The molecule has 0 atom stereocenters. The van der Waals surface area contributed by atoms with Crippen molar-refractivity contribution in [2.45, 2.75) is 6.92 Å². The lowest BCUT2D eigenvalue weighted by molar-refractivity contribution is 0.100. The zero-order valence-corrected chi connectivity index (χ0v) is 12.8. The van der Waals surface area contributed by atoms with E-state index in [4.69, 9.17) is 5.73 Å².